The molecule has 0 saturated carbocycles. The molecule has 4 rings (SSSR count). The number of hydrogen-bond donors (Lipinski definition) is 0. The van der Waals surface area contributed by atoms with Gasteiger partial charge in [-0.1, -0.05) is 43.2 Å². The Hall–Kier alpha value is -2.86. The number of aryl methyl sites for hydroxylation is 1. The van der Waals surface area contributed by atoms with Crippen molar-refractivity contribution in [2.75, 3.05) is 19.6 Å². The molecular formula is C25H28N2O3S. The molecule has 0 fully saturated rings. The molecule has 2 amide bonds. The first-order chi connectivity index (χ1) is 15.1. The van der Waals surface area contributed by atoms with Crippen molar-refractivity contribution in [2.45, 2.75) is 39.2 Å². The standard InChI is InChI=1S/C25H28N2O3S/c1-3-4-13-26(25(29)21-6-5-15-30-21)17-23(28)27-14-11-22-20(12-16-31-22)24(27)19-9-7-18(2)8-10-19/h5-10,12,15-16,24H,3-4,11,13-14,17H2,1-2H3. The van der Waals surface area contributed by atoms with Crippen LogP contribution in [0.15, 0.2) is 58.5 Å². The molecule has 1 atom stereocenters. The second-order valence-electron chi connectivity index (χ2n) is 8.01. The van der Waals surface area contributed by atoms with Gasteiger partial charge in [0.2, 0.25) is 5.91 Å². The van der Waals surface area contributed by atoms with Crippen LogP contribution in [0.5, 0.6) is 0 Å². The van der Waals surface area contributed by atoms with Crippen molar-refractivity contribution >= 4 is 23.2 Å². The summed E-state index contributed by atoms with van der Waals surface area (Å²) in [4.78, 5) is 31.4. The Kier molecular flexibility index (Phi) is 6.56. The third kappa shape index (κ3) is 4.59. The monoisotopic (exact) mass is 436 g/mol. The number of carbonyl (C=O) groups excluding carboxylic acids is 2. The third-order valence-electron chi connectivity index (χ3n) is 5.81. The van der Waals surface area contributed by atoms with Gasteiger partial charge in [-0.2, -0.15) is 0 Å². The number of thiophene rings is 1. The minimum Gasteiger partial charge on any atom is -0.459 e. The molecule has 0 N–H and O–H groups in total. The van der Waals surface area contributed by atoms with E-state index in [9.17, 15) is 9.59 Å². The second-order valence-corrected chi connectivity index (χ2v) is 9.01. The normalized spacial score (nSPS) is 15.5. The molecule has 0 aliphatic carbocycles. The van der Waals surface area contributed by atoms with E-state index in [-0.39, 0.29) is 30.2 Å². The number of benzene rings is 1. The molecular weight excluding hydrogens is 408 g/mol. The SMILES string of the molecule is CCCCN(CC(=O)N1CCc2sccc2C1c1ccc(C)cc1)C(=O)c1ccco1. The topological polar surface area (TPSA) is 53.8 Å². The molecule has 5 nitrogen and oxygen atoms in total. The Morgan fingerprint density at radius 2 is 2.00 bits per heavy atom. The van der Waals surface area contributed by atoms with Gasteiger partial charge in [0.05, 0.1) is 12.3 Å². The van der Waals surface area contributed by atoms with Crippen molar-refractivity contribution in [1.29, 1.82) is 0 Å². The van der Waals surface area contributed by atoms with Gasteiger partial charge >= 0.3 is 0 Å². The molecule has 3 aromatic rings. The predicted octanol–water partition coefficient (Wildman–Crippen LogP) is 5.07. The number of nitrogens with zero attached hydrogens (tertiary/aromatic N) is 2. The Labute approximate surface area is 187 Å². The zero-order valence-electron chi connectivity index (χ0n) is 18.0. The molecule has 1 aliphatic rings. The smallest absolute Gasteiger partial charge is 0.290 e. The van der Waals surface area contributed by atoms with Crippen LogP contribution in [0.2, 0.25) is 0 Å². The molecule has 162 valence electrons. The van der Waals surface area contributed by atoms with E-state index in [4.69, 9.17) is 4.42 Å². The van der Waals surface area contributed by atoms with Gasteiger partial charge in [-0.25, -0.2) is 0 Å². The van der Waals surface area contributed by atoms with Gasteiger partial charge in [0.1, 0.15) is 6.54 Å². The van der Waals surface area contributed by atoms with Crippen LogP contribution in [0.3, 0.4) is 0 Å². The number of unbranched alkanes of at least 4 members (excludes halogenated alkanes) is 1. The number of amides is 2. The minimum absolute atomic E-state index is 0.0292. The highest BCUT2D eigenvalue weighted by Gasteiger charge is 2.34. The average molecular weight is 437 g/mol. The van der Waals surface area contributed by atoms with Crippen molar-refractivity contribution in [3.05, 3.63) is 81.4 Å². The van der Waals surface area contributed by atoms with E-state index in [1.54, 1.807) is 28.4 Å². The van der Waals surface area contributed by atoms with Gasteiger partial charge in [-0.15, -0.1) is 11.3 Å². The zero-order chi connectivity index (χ0) is 21.8. The van der Waals surface area contributed by atoms with Crippen LogP contribution in [-0.4, -0.2) is 41.2 Å². The van der Waals surface area contributed by atoms with Crippen LogP contribution < -0.4 is 0 Å². The molecule has 0 radical (unpaired) electrons. The lowest BCUT2D eigenvalue weighted by atomic mass is 9.92. The maximum absolute atomic E-state index is 13.5. The fraction of sp³-hybridized carbons (Fsp3) is 0.360. The first-order valence-electron chi connectivity index (χ1n) is 10.8. The molecule has 0 saturated heterocycles. The number of rotatable bonds is 7. The first kappa shape index (κ1) is 21.4. The third-order valence-corrected chi connectivity index (χ3v) is 6.80. The zero-order valence-corrected chi connectivity index (χ0v) is 18.9. The highest BCUT2D eigenvalue weighted by Crippen LogP contribution is 2.38. The lowest BCUT2D eigenvalue weighted by Gasteiger charge is -2.37. The average Bonchev–Trinajstić information content (AvgIpc) is 3.48. The summed E-state index contributed by atoms with van der Waals surface area (Å²) in [6.07, 6.45) is 4.13. The number of hydrogen-bond acceptors (Lipinski definition) is 4. The van der Waals surface area contributed by atoms with Crippen molar-refractivity contribution in [3.8, 4) is 0 Å². The van der Waals surface area contributed by atoms with Gasteiger partial charge in [0.15, 0.2) is 5.76 Å². The fourth-order valence-electron chi connectivity index (χ4n) is 4.10. The largest absolute Gasteiger partial charge is 0.459 e. The van der Waals surface area contributed by atoms with E-state index in [0.29, 0.717) is 13.1 Å². The Morgan fingerprint density at radius 3 is 2.71 bits per heavy atom. The van der Waals surface area contributed by atoms with E-state index in [2.05, 4.69) is 49.6 Å². The Balaban J connectivity index is 1.60. The number of furan rings is 1. The van der Waals surface area contributed by atoms with Crippen LogP contribution in [0, 0.1) is 6.92 Å². The van der Waals surface area contributed by atoms with Crippen molar-refractivity contribution in [1.82, 2.24) is 9.80 Å². The van der Waals surface area contributed by atoms with Crippen LogP contribution in [0.25, 0.3) is 0 Å². The molecule has 31 heavy (non-hydrogen) atoms. The summed E-state index contributed by atoms with van der Waals surface area (Å²) in [6, 6.07) is 13.8. The van der Waals surface area contributed by atoms with Crippen molar-refractivity contribution in [2.24, 2.45) is 0 Å². The van der Waals surface area contributed by atoms with Crippen molar-refractivity contribution in [3.63, 3.8) is 0 Å². The van der Waals surface area contributed by atoms with E-state index < -0.39 is 0 Å². The lowest BCUT2D eigenvalue weighted by Crippen LogP contribution is -2.47. The summed E-state index contributed by atoms with van der Waals surface area (Å²) in [5.41, 5.74) is 3.50. The van der Waals surface area contributed by atoms with E-state index in [1.165, 1.54) is 22.3 Å². The number of carbonyl (C=O) groups is 2. The lowest BCUT2D eigenvalue weighted by molar-refractivity contribution is -0.134. The maximum atomic E-state index is 13.5. The molecule has 1 aliphatic heterocycles. The predicted molar refractivity (Wildman–Crippen MR) is 122 cm³/mol. The summed E-state index contributed by atoms with van der Waals surface area (Å²) in [5.74, 6) is 0.0168. The molecule has 2 aromatic heterocycles. The van der Waals surface area contributed by atoms with Crippen LogP contribution in [0.1, 0.15) is 57.9 Å². The maximum Gasteiger partial charge on any atom is 0.290 e. The summed E-state index contributed by atoms with van der Waals surface area (Å²) < 4.78 is 5.31. The summed E-state index contributed by atoms with van der Waals surface area (Å²) in [6.45, 7) is 5.39. The molecule has 0 spiro atoms. The van der Waals surface area contributed by atoms with Gasteiger partial charge in [-0.3, -0.25) is 9.59 Å². The first-order valence-corrected chi connectivity index (χ1v) is 11.7. The van der Waals surface area contributed by atoms with Crippen LogP contribution in [0.4, 0.5) is 0 Å². The van der Waals surface area contributed by atoms with E-state index in [1.807, 2.05) is 4.90 Å². The van der Waals surface area contributed by atoms with Crippen LogP contribution in [-0.2, 0) is 11.2 Å². The highest BCUT2D eigenvalue weighted by atomic mass is 32.1. The number of fused-ring (bicyclic) bond motifs is 1. The summed E-state index contributed by atoms with van der Waals surface area (Å²) >= 11 is 1.75. The molecule has 0 bridgehead atoms. The van der Waals surface area contributed by atoms with E-state index in [0.717, 1.165) is 24.8 Å². The Bertz CT molecular complexity index is 1020. The van der Waals surface area contributed by atoms with Gasteiger partial charge in [0, 0.05) is 18.0 Å². The summed E-state index contributed by atoms with van der Waals surface area (Å²) in [5, 5.41) is 2.10. The quantitative estimate of drug-likeness (QED) is 0.520. The second kappa shape index (κ2) is 9.52. The molecule has 1 unspecified atom stereocenters. The minimum atomic E-state index is -0.230. The van der Waals surface area contributed by atoms with E-state index >= 15 is 0 Å². The molecule has 3 heterocycles. The molecule has 1 aromatic carbocycles. The molecule has 6 heteroatoms. The highest BCUT2D eigenvalue weighted by molar-refractivity contribution is 7.10. The van der Waals surface area contributed by atoms with Gasteiger partial charge in [0.25, 0.3) is 5.91 Å². The summed E-state index contributed by atoms with van der Waals surface area (Å²) in [7, 11) is 0. The van der Waals surface area contributed by atoms with Gasteiger partial charge < -0.3 is 14.2 Å². The van der Waals surface area contributed by atoms with Crippen LogP contribution >= 0.6 is 11.3 Å². The fourth-order valence-corrected chi connectivity index (χ4v) is 5.01. The van der Waals surface area contributed by atoms with Crippen molar-refractivity contribution < 1.29 is 14.0 Å². The van der Waals surface area contributed by atoms with Gasteiger partial charge in [-0.05, 0) is 54.5 Å². The Morgan fingerprint density at radius 1 is 1.19 bits per heavy atom.